The van der Waals surface area contributed by atoms with Crippen molar-refractivity contribution in [2.24, 2.45) is 4.99 Å². The molecule has 0 spiro atoms. The molecule has 0 unspecified atom stereocenters. The summed E-state index contributed by atoms with van der Waals surface area (Å²) in [6, 6.07) is 2.61. The van der Waals surface area contributed by atoms with Gasteiger partial charge in [0.2, 0.25) is 5.96 Å². The molecule has 2 atom stereocenters. The van der Waals surface area contributed by atoms with E-state index in [0.29, 0.717) is 30.7 Å². The lowest BCUT2D eigenvalue weighted by atomic mass is 9.89. The van der Waals surface area contributed by atoms with Crippen LogP contribution in [0.25, 0.3) is 0 Å². The van der Waals surface area contributed by atoms with Gasteiger partial charge in [0.1, 0.15) is 0 Å². The molecule has 47 heavy (non-hydrogen) atoms. The number of carbonyl (C=O) groups excluding carboxylic acids is 1. The van der Waals surface area contributed by atoms with Gasteiger partial charge in [-0.15, -0.1) is 10.7 Å². The summed E-state index contributed by atoms with van der Waals surface area (Å²) in [6.45, 7) is 3.14. The first-order chi connectivity index (χ1) is 22.0. The van der Waals surface area contributed by atoms with Crippen LogP contribution in [-0.2, 0) is 29.8 Å². The number of anilines is 1. The number of alkyl halides is 9. The molecule has 0 aliphatic carbocycles. The van der Waals surface area contributed by atoms with E-state index in [4.69, 9.17) is 4.74 Å². The zero-order chi connectivity index (χ0) is 34.7. The van der Waals surface area contributed by atoms with Gasteiger partial charge in [-0.05, 0) is 80.2 Å². The first-order valence-corrected chi connectivity index (χ1v) is 16.0. The molecule has 0 radical (unpaired) electrons. The van der Waals surface area contributed by atoms with Crippen LogP contribution in [0.1, 0.15) is 67.0 Å². The van der Waals surface area contributed by atoms with E-state index >= 15 is 0 Å². The summed E-state index contributed by atoms with van der Waals surface area (Å²) in [5, 5.41) is 2.74. The van der Waals surface area contributed by atoms with E-state index in [0.717, 1.165) is 18.2 Å². The van der Waals surface area contributed by atoms with E-state index in [1.807, 2.05) is 6.26 Å². The smallest absolute Gasteiger partial charge is 0.416 e. The Morgan fingerprint density at radius 2 is 1.60 bits per heavy atom. The monoisotopic (exact) mass is 700 g/mol. The molecule has 0 bridgehead atoms. The predicted octanol–water partition coefficient (Wildman–Crippen LogP) is 7.78. The topological polar surface area (TPSA) is 72.4 Å². The van der Waals surface area contributed by atoms with Crippen molar-refractivity contribution in [2.45, 2.75) is 70.3 Å². The van der Waals surface area contributed by atoms with Gasteiger partial charge in [0.25, 0.3) is 0 Å². The number of fused-ring (bicyclic) bond motifs is 1. The summed E-state index contributed by atoms with van der Waals surface area (Å²) in [5.74, 6) is 0.631. The van der Waals surface area contributed by atoms with Crippen LogP contribution in [0.2, 0.25) is 0 Å². The quantitative estimate of drug-likeness (QED) is 0.205. The fraction of sp³-hybridized carbons (Fsp3) is 0.517. The molecule has 1 fully saturated rings. The molecule has 2 aromatic rings. The Morgan fingerprint density at radius 1 is 0.957 bits per heavy atom. The Hall–Kier alpha value is -3.38. The minimum Gasteiger partial charge on any atom is -0.449 e. The molecule has 2 aliphatic rings. The van der Waals surface area contributed by atoms with E-state index in [1.54, 1.807) is 13.8 Å². The third kappa shape index (κ3) is 8.56. The molecule has 8 nitrogen and oxygen atoms in total. The summed E-state index contributed by atoms with van der Waals surface area (Å²) < 4.78 is 128. The predicted molar refractivity (Wildman–Crippen MR) is 158 cm³/mol. The second-order valence-corrected chi connectivity index (χ2v) is 11.8. The second kappa shape index (κ2) is 14.4. The van der Waals surface area contributed by atoms with E-state index in [2.05, 4.69) is 16.0 Å². The number of carbonyl (C=O) groups is 1. The maximum absolute atomic E-state index is 13.8. The first-order valence-electron chi connectivity index (χ1n) is 14.6. The van der Waals surface area contributed by atoms with Gasteiger partial charge in [-0.3, -0.25) is 15.3 Å². The summed E-state index contributed by atoms with van der Waals surface area (Å²) >= 11 is 1.53. The number of ether oxygens (including phenoxy) is 1. The molecule has 260 valence electrons. The number of nitrogens with zero attached hydrogens (tertiary/aromatic N) is 4. The average Bonchev–Trinajstić information content (AvgIpc) is 3.35. The van der Waals surface area contributed by atoms with Crippen molar-refractivity contribution in [1.82, 2.24) is 21.1 Å². The number of nitrogens with one attached hydrogen (secondary N) is 2. The Kier molecular flexibility index (Phi) is 11.2. The van der Waals surface area contributed by atoms with Gasteiger partial charge in [0.05, 0.1) is 41.6 Å². The lowest BCUT2D eigenvalue weighted by Gasteiger charge is -2.39. The highest BCUT2D eigenvalue weighted by molar-refractivity contribution is 7.98. The van der Waals surface area contributed by atoms with Crippen LogP contribution >= 0.6 is 11.8 Å². The van der Waals surface area contributed by atoms with Crippen LogP contribution in [-0.4, -0.2) is 53.4 Å². The standard InChI is InChI=1S/C29H33F9N6O2S/c1-4-21-15-23(22-14-18(27(30,31)32)7-8-24(22)44(21)26(45)46-5-2)39-25-40-41-43(9-6-10-47-3)42(25)16-17-11-19(28(33,34)35)13-20(12-17)29(36,37)38/h7-8,11-14,21,23,41H,4-6,9-10,15-16H2,1-3H3,(H,39,40)/t21-,23+/m1/s1. The van der Waals surface area contributed by atoms with E-state index in [9.17, 15) is 44.3 Å². The van der Waals surface area contributed by atoms with Crippen LogP contribution in [0.5, 0.6) is 0 Å². The van der Waals surface area contributed by atoms with E-state index in [-0.39, 0.29) is 48.4 Å². The molecule has 2 aliphatic heterocycles. The molecule has 1 saturated heterocycles. The largest absolute Gasteiger partial charge is 0.449 e. The van der Waals surface area contributed by atoms with Gasteiger partial charge < -0.3 is 4.74 Å². The van der Waals surface area contributed by atoms with Crippen molar-refractivity contribution in [1.29, 1.82) is 0 Å². The number of hydrazine groups is 3. The Morgan fingerprint density at radius 3 is 2.15 bits per heavy atom. The third-order valence-corrected chi connectivity index (χ3v) is 8.28. The summed E-state index contributed by atoms with van der Waals surface area (Å²) in [4.78, 5) is 18.9. The van der Waals surface area contributed by atoms with Crippen LogP contribution in [0.15, 0.2) is 41.4 Å². The lowest BCUT2D eigenvalue weighted by molar-refractivity contribution is -0.143. The van der Waals surface area contributed by atoms with Crippen LogP contribution in [0, 0.1) is 0 Å². The molecular formula is C29H33F9N6O2S. The number of hydrogen-bond donors (Lipinski definition) is 2. The number of benzene rings is 2. The molecular weight excluding hydrogens is 667 g/mol. The highest BCUT2D eigenvalue weighted by Gasteiger charge is 2.41. The summed E-state index contributed by atoms with van der Waals surface area (Å²) in [7, 11) is 0. The first kappa shape index (κ1) is 36.5. The highest BCUT2D eigenvalue weighted by Crippen LogP contribution is 2.44. The van der Waals surface area contributed by atoms with Gasteiger partial charge >= 0.3 is 24.6 Å². The molecule has 2 N–H and O–H groups in total. The lowest BCUT2D eigenvalue weighted by Crippen LogP contribution is -2.45. The maximum atomic E-state index is 13.8. The van der Waals surface area contributed by atoms with Gasteiger partial charge in [-0.25, -0.2) is 9.79 Å². The summed E-state index contributed by atoms with van der Waals surface area (Å²) in [5.41, 5.74) is 1.48. The number of thioether (sulfide) groups is 1. The van der Waals surface area contributed by atoms with E-state index in [1.165, 1.54) is 26.8 Å². The Balaban J connectivity index is 1.81. The van der Waals surface area contributed by atoms with Crippen molar-refractivity contribution in [3.8, 4) is 0 Å². The minimum atomic E-state index is -5.06. The number of guanidine groups is 1. The third-order valence-electron chi connectivity index (χ3n) is 7.58. The van der Waals surface area contributed by atoms with Crippen molar-refractivity contribution < 1.29 is 49.0 Å². The number of hydrogen-bond acceptors (Lipinski definition) is 6. The fourth-order valence-electron chi connectivity index (χ4n) is 5.40. The molecule has 2 heterocycles. The number of rotatable bonds is 9. The summed E-state index contributed by atoms with van der Waals surface area (Å²) in [6.07, 6.45) is -12.7. The Labute approximate surface area is 269 Å². The molecule has 0 aromatic heterocycles. The zero-order valence-corrected chi connectivity index (χ0v) is 26.3. The van der Waals surface area contributed by atoms with Crippen LogP contribution in [0.3, 0.4) is 0 Å². The van der Waals surface area contributed by atoms with Gasteiger partial charge in [-0.2, -0.15) is 51.3 Å². The molecule has 18 heteroatoms. The molecule has 2 aromatic carbocycles. The van der Waals surface area contributed by atoms with Gasteiger partial charge in [0, 0.05) is 18.2 Å². The maximum Gasteiger partial charge on any atom is 0.416 e. The molecule has 0 saturated carbocycles. The van der Waals surface area contributed by atoms with Crippen LogP contribution in [0.4, 0.5) is 50.0 Å². The average molecular weight is 701 g/mol. The second-order valence-electron chi connectivity index (χ2n) is 10.8. The molecule has 4 rings (SSSR count). The number of amides is 1. The SMILES string of the molecule is CCOC(=O)N1c2ccc(C(F)(F)F)cc2[C@@H](N=C2NNN(CCCSC)N2Cc2cc(C(F)(F)F)cc(C(F)(F)F)c2)C[C@H]1CC. The number of aliphatic imine (C=N–C) groups is 1. The minimum absolute atomic E-state index is 0.0238. The zero-order valence-electron chi connectivity index (χ0n) is 25.5. The number of halogens is 9. The normalized spacial score (nSPS) is 20.0. The van der Waals surface area contributed by atoms with Crippen molar-refractivity contribution in [3.63, 3.8) is 0 Å². The van der Waals surface area contributed by atoms with E-state index < -0.39 is 59.9 Å². The molecule has 1 amide bonds. The van der Waals surface area contributed by atoms with Crippen molar-refractivity contribution in [2.75, 3.05) is 30.1 Å². The highest BCUT2D eigenvalue weighted by atomic mass is 32.2. The van der Waals surface area contributed by atoms with Crippen molar-refractivity contribution >= 4 is 29.5 Å². The van der Waals surface area contributed by atoms with Gasteiger partial charge in [-0.1, -0.05) is 6.92 Å². The van der Waals surface area contributed by atoms with Gasteiger partial charge in [0.15, 0.2) is 0 Å². The van der Waals surface area contributed by atoms with Crippen LogP contribution < -0.4 is 15.9 Å². The van der Waals surface area contributed by atoms with Crippen molar-refractivity contribution in [3.05, 3.63) is 64.2 Å². The Bertz CT molecular complexity index is 1420. The fourth-order valence-corrected chi connectivity index (χ4v) is 5.81.